The summed E-state index contributed by atoms with van der Waals surface area (Å²) in [5.74, 6) is -3.88. The highest BCUT2D eigenvalue weighted by atomic mass is 35.5. The number of nitrogens with one attached hydrogen (secondary N) is 1. The number of rotatable bonds is 26. The highest BCUT2D eigenvalue weighted by Gasteiger charge is 2.24. The van der Waals surface area contributed by atoms with E-state index in [-0.39, 0.29) is 76.5 Å². The molecule has 89 heavy (non-hydrogen) atoms. The molecule has 0 fully saturated rings. The van der Waals surface area contributed by atoms with Crippen molar-refractivity contribution in [1.29, 1.82) is 0 Å². The molecule has 7 atom stereocenters. The van der Waals surface area contributed by atoms with Crippen molar-refractivity contribution in [3.8, 4) is 0 Å². The molecule has 0 bridgehead atoms. The van der Waals surface area contributed by atoms with Gasteiger partial charge in [-0.25, -0.2) is 22.4 Å². The Morgan fingerprint density at radius 3 is 1.15 bits per heavy atom. The molecule has 0 aliphatic carbocycles. The van der Waals surface area contributed by atoms with E-state index >= 15 is 0 Å². The van der Waals surface area contributed by atoms with E-state index in [9.17, 15) is 51.1 Å². The normalized spacial score (nSPS) is 12.8. The molecule has 4 unspecified atom stereocenters. The van der Waals surface area contributed by atoms with Crippen molar-refractivity contribution in [2.45, 2.75) is 123 Å². The number of benzene rings is 6. The minimum Gasteiger partial charge on any atom is -1.00 e. The van der Waals surface area contributed by atoms with Crippen LogP contribution in [0.15, 0.2) is 164 Å². The Kier molecular flexibility index (Phi) is 37.3. The number of halogens is 5. The van der Waals surface area contributed by atoms with Gasteiger partial charge in [0.15, 0.2) is 29.7 Å². The Bertz CT molecular complexity index is 3120. The number of ether oxygens (including phenoxy) is 4. The average Bonchev–Trinajstić information content (AvgIpc) is 3.67. The fraction of sp³-hybridized carbons (Fsp3) is 0.362. The number of alkyl carbamates (subject to hydrolysis) is 1. The van der Waals surface area contributed by atoms with Crippen LogP contribution in [0.25, 0.3) is 0 Å². The number of amides is 1. The van der Waals surface area contributed by atoms with Crippen LogP contribution in [0.1, 0.15) is 157 Å². The Morgan fingerprint density at radius 1 is 0.528 bits per heavy atom. The van der Waals surface area contributed by atoms with E-state index < -0.39 is 78.6 Å². The van der Waals surface area contributed by atoms with Gasteiger partial charge in [-0.1, -0.05) is 172 Å². The molecule has 0 heterocycles. The van der Waals surface area contributed by atoms with Crippen LogP contribution in [-0.4, -0.2) is 122 Å². The van der Waals surface area contributed by atoms with Gasteiger partial charge in [0.05, 0.1) is 30.9 Å². The second-order valence-corrected chi connectivity index (χ2v) is 21.2. The lowest BCUT2D eigenvalue weighted by atomic mass is 9.96. The number of alkyl halides is 4. The fourth-order valence-electron chi connectivity index (χ4n) is 7.53. The van der Waals surface area contributed by atoms with Crippen molar-refractivity contribution in [3.63, 3.8) is 0 Å². The number of hydrogen-bond donors (Lipinski definition) is 3. The Hall–Kier alpha value is -7.97. The lowest BCUT2D eigenvalue weighted by Crippen LogP contribution is -3.00. The molecule has 0 spiro atoms. The number of hydrogen-bond acceptors (Lipinski definition) is 13. The summed E-state index contributed by atoms with van der Waals surface area (Å²) in [4.78, 5) is 85.7. The topological polar surface area (TPSA) is 216 Å². The summed E-state index contributed by atoms with van der Waals surface area (Å²) < 4.78 is 72.4. The van der Waals surface area contributed by atoms with E-state index in [0.29, 0.717) is 62.9 Å². The number of aliphatic hydroxyl groups is 1. The standard InChI is InChI=1S/C24H28FNO5.C21H21FO3S.C19H20FNO3.C4H9FO.CH4.ClH/c1-16(22(28)30-15-20(25)14-26-23(29)31-24(2,3)4)18-11-8-12-19(13-18)21(27)17-9-6-5-7-10-17;1-15(21(24)25-14-19(22)11-6-12-26)17-9-5-10-18(13-17)20(23)16-7-3-2-4-8-16;1-13(19(23)24-12-17(20)11-21)15-8-5-9-16(10-15)18(22)14-6-3-2-4-7-14;1-2-4(5)3-6;;/h5-13,16,20H,14-15H2,1-4H3,(H,26,29);2-5,7-10,12-13,15,19H,6,11,14H2,1H3;2-10,13,17H,11-12,21H2,1H3;4,6H,2-3H2,1H3;1H4;1H/t16-,20?;15-,19?;13-,17?;;;/m111.../s1. The zero-order chi connectivity index (χ0) is 64.5. The van der Waals surface area contributed by atoms with Crippen LogP contribution < -0.4 is 23.5 Å². The second kappa shape index (κ2) is 42.0. The second-order valence-electron chi connectivity index (χ2n) is 20.9. The Labute approximate surface area is 531 Å². The van der Waals surface area contributed by atoms with Crippen LogP contribution in [0.2, 0.25) is 0 Å². The zero-order valence-corrected chi connectivity index (χ0v) is 52.1. The van der Waals surface area contributed by atoms with Gasteiger partial charge in [-0.2, -0.15) is 0 Å². The smallest absolute Gasteiger partial charge is 0.407 e. The number of ketones is 3. The first-order valence-corrected chi connectivity index (χ1v) is 28.9. The Balaban J connectivity index is 0.000000634. The van der Waals surface area contributed by atoms with E-state index in [1.807, 2.05) is 18.2 Å². The number of aliphatic hydroxyl groups excluding tert-OH is 1. The zero-order valence-electron chi connectivity index (χ0n) is 50.5. The molecular formula is C69H83ClF4N2O12S. The minimum atomic E-state index is -1.57. The number of esters is 3. The van der Waals surface area contributed by atoms with Gasteiger partial charge in [0, 0.05) is 33.4 Å². The molecule has 6 rings (SSSR count). The number of quaternary nitrogens is 1. The fourth-order valence-corrected chi connectivity index (χ4v) is 7.67. The van der Waals surface area contributed by atoms with Crippen molar-refractivity contribution >= 4 is 58.9 Å². The van der Waals surface area contributed by atoms with Gasteiger partial charge in [0.1, 0.15) is 44.3 Å². The predicted octanol–water partition coefficient (Wildman–Crippen LogP) is 9.62. The van der Waals surface area contributed by atoms with Gasteiger partial charge in [-0.3, -0.25) is 28.8 Å². The molecule has 0 aromatic heterocycles. The third-order valence-corrected chi connectivity index (χ3v) is 13.0. The van der Waals surface area contributed by atoms with E-state index in [1.165, 1.54) is 5.37 Å². The van der Waals surface area contributed by atoms with E-state index in [2.05, 4.69) is 23.3 Å². The van der Waals surface area contributed by atoms with Crippen molar-refractivity contribution in [1.82, 2.24) is 5.32 Å². The maximum absolute atomic E-state index is 14.0. The SMILES string of the molecule is C.CCC(F)CO.C[C@@H](C(=O)OCC(F)CCC=S)c1cccc(C(=O)c2ccccc2)c1.C[C@@H](C(=O)OCC(F)CNC(=O)OC(C)(C)C)c1cccc(C(=O)c2ccccc2)c1.C[C@@H](C(=O)OCC(F)C[NH3+])c1cccc(C(=O)c2ccccc2)c1.[Cl-]. The maximum atomic E-state index is 14.0. The molecule has 20 heteroatoms. The largest absolute Gasteiger partial charge is 1.00 e. The van der Waals surface area contributed by atoms with E-state index in [1.54, 1.807) is 194 Å². The molecule has 6 aromatic rings. The minimum absolute atomic E-state index is 0. The lowest BCUT2D eigenvalue weighted by Gasteiger charge is -2.20. The molecule has 6 aromatic carbocycles. The summed E-state index contributed by atoms with van der Waals surface area (Å²) in [6, 6.07) is 47.1. The quantitative estimate of drug-likeness (QED) is 0.0152. The van der Waals surface area contributed by atoms with E-state index in [0.717, 1.165) is 0 Å². The monoisotopic (exact) mass is 1270 g/mol. The molecule has 14 nitrogen and oxygen atoms in total. The molecule has 0 saturated heterocycles. The summed E-state index contributed by atoms with van der Waals surface area (Å²) in [7, 11) is 0. The average molecular weight is 1280 g/mol. The molecule has 1 amide bonds. The summed E-state index contributed by atoms with van der Waals surface area (Å²) in [6.07, 6.45) is -4.69. The van der Waals surface area contributed by atoms with Gasteiger partial charge >= 0.3 is 24.0 Å². The van der Waals surface area contributed by atoms with Crippen LogP contribution in [0.3, 0.4) is 0 Å². The van der Waals surface area contributed by atoms with Gasteiger partial charge in [-0.15, -0.1) is 0 Å². The van der Waals surface area contributed by atoms with Crippen LogP contribution >= 0.6 is 12.2 Å². The van der Waals surface area contributed by atoms with E-state index in [4.69, 9.17) is 24.1 Å². The third-order valence-electron chi connectivity index (χ3n) is 12.8. The molecule has 0 radical (unpaired) electrons. The molecule has 0 aliphatic rings. The highest BCUT2D eigenvalue weighted by Crippen LogP contribution is 2.24. The summed E-state index contributed by atoms with van der Waals surface area (Å²) in [5.41, 5.74) is 7.81. The molecule has 0 aliphatic heterocycles. The first-order chi connectivity index (χ1) is 41.4. The number of carbonyl (C=O) groups excluding carboxylic acids is 7. The van der Waals surface area contributed by atoms with Crippen molar-refractivity contribution < 1.29 is 93.3 Å². The third kappa shape index (κ3) is 29.3. The van der Waals surface area contributed by atoms with Gasteiger partial charge < -0.3 is 47.5 Å². The molecule has 482 valence electrons. The number of thiocarbonyl (C=S) groups is 1. The summed E-state index contributed by atoms with van der Waals surface area (Å²) in [6.45, 7) is 10.1. The molecule has 0 saturated carbocycles. The summed E-state index contributed by atoms with van der Waals surface area (Å²) >= 11 is 4.65. The summed E-state index contributed by atoms with van der Waals surface area (Å²) in [5, 5.41) is 11.7. The van der Waals surface area contributed by atoms with Crippen molar-refractivity contribution in [3.05, 3.63) is 214 Å². The van der Waals surface area contributed by atoms with Gasteiger partial charge in [0.25, 0.3) is 0 Å². The van der Waals surface area contributed by atoms with Crippen LogP contribution in [0.5, 0.6) is 0 Å². The molecular weight excluding hydrogens is 1190 g/mol. The predicted molar refractivity (Wildman–Crippen MR) is 336 cm³/mol. The maximum Gasteiger partial charge on any atom is 0.407 e. The van der Waals surface area contributed by atoms with Crippen molar-refractivity contribution in [2.24, 2.45) is 0 Å². The first kappa shape index (κ1) is 79.0. The van der Waals surface area contributed by atoms with Crippen LogP contribution in [0, 0.1) is 0 Å². The van der Waals surface area contributed by atoms with Gasteiger partial charge in [0.2, 0.25) is 0 Å². The van der Waals surface area contributed by atoms with Gasteiger partial charge in [-0.05, 0) is 101 Å². The molecule has 5 N–H and O–H groups in total. The number of carbonyl (C=O) groups is 7. The van der Waals surface area contributed by atoms with Crippen LogP contribution in [0.4, 0.5) is 22.4 Å². The Morgan fingerprint density at radius 2 is 0.854 bits per heavy atom. The lowest BCUT2D eigenvalue weighted by molar-refractivity contribution is -0.380. The van der Waals surface area contributed by atoms with Crippen molar-refractivity contribution in [2.75, 3.05) is 39.5 Å². The first-order valence-electron chi connectivity index (χ1n) is 28.4. The highest BCUT2D eigenvalue weighted by molar-refractivity contribution is 7.78. The van der Waals surface area contributed by atoms with Crippen LogP contribution in [-0.2, 0) is 33.3 Å².